The molecule has 3 aromatic rings. The number of carbonyl (C=O) groups is 1. The van der Waals surface area contributed by atoms with Crippen LogP contribution in [0.2, 0.25) is 0 Å². The Morgan fingerprint density at radius 1 is 1.03 bits per heavy atom. The fourth-order valence-electron chi connectivity index (χ4n) is 4.29. The van der Waals surface area contributed by atoms with Crippen molar-refractivity contribution in [1.82, 2.24) is 14.7 Å². The van der Waals surface area contributed by atoms with Gasteiger partial charge >= 0.3 is 0 Å². The van der Waals surface area contributed by atoms with Crippen molar-refractivity contribution in [3.05, 3.63) is 71.3 Å². The van der Waals surface area contributed by atoms with Gasteiger partial charge in [0.2, 0.25) is 0 Å². The molecule has 37 heavy (non-hydrogen) atoms. The molecule has 3 heterocycles. The lowest BCUT2D eigenvalue weighted by Crippen LogP contribution is -2.38. The maximum atomic E-state index is 12.8. The van der Waals surface area contributed by atoms with Crippen LogP contribution in [-0.4, -0.2) is 58.7 Å². The summed E-state index contributed by atoms with van der Waals surface area (Å²) in [6, 6.07) is 18.0. The first-order valence-electron chi connectivity index (χ1n) is 12.9. The number of aromatic nitrogens is 2. The Labute approximate surface area is 222 Å². The number of carbonyl (C=O) groups excluding carboxylic acids is 1. The summed E-state index contributed by atoms with van der Waals surface area (Å²) < 4.78 is 13.2. The van der Waals surface area contributed by atoms with Crippen LogP contribution in [0.15, 0.2) is 70.7 Å². The molecule has 0 radical (unpaired) electrons. The summed E-state index contributed by atoms with van der Waals surface area (Å²) in [5.74, 6) is 0.643. The SMILES string of the molecule is CCCCCCOc1ccc(-c2nn(-c3ccccc3)cc2C=C2SC(N3CCOCC3)=NC2=O)cc1. The summed E-state index contributed by atoms with van der Waals surface area (Å²) in [5.41, 5.74) is 3.59. The number of amides is 1. The molecule has 1 saturated heterocycles. The van der Waals surface area contributed by atoms with E-state index in [-0.39, 0.29) is 5.91 Å². The predicted molar refractivity (Wildman–Crippen MR) is 149 cm³/mol. The predicted octanol–water partition coefficient (Wildman–Crippen LogP) is 5.80. The second-order valence-corrected chi connectivity index (χ2v) is 10.1. The van der Waals surface area contributed by atoms with E-state index in [1.807, 2.05) is 71.6 Å². The van der Waals surface area contributed by atoms with Gasteiger partial charge < -0.3 is 14.4 Å². The summed E-state index contributed by atoms with van der Waals surface area (Å²) in [4.78, 5) is 19.8. The molecule has 1 fully saturated rings. The van der Waals surface area contributed by atoms with Crippen molar-refractivity contribution >= 4 is 28.9 Å². The molecule has 0 bridgehead atoms. The number of hydrogen-bond donors (Lipinski definition) is 0. The first kappa shape index (κ1) is 25.3. The smallest absolute Gasteiger partial charge is 0.286 e. The average molecular weight is 517 g/mol. The zero-order valence-electron chi connectivity index (χ0n) is 21.1. The van der Waals surface area contributed by atoms with Gasteiger partial charge in [-0.15, -0.1) is 0 Å². The first-order valence-corrected chi connectivity index (χ1v) is 13.8. The van der Waals surface area contributed by atoms with E-state index in [1.54, 1.807) is 0 Å². The number of unbranched alkanes of at least 4 members (excludes halogenated alkanes) is 3. The maximum absolute atomic E-state index is 12.8. The van der Waals surface area contributed by atoms with E-state index in [0.29, 0.717) is 18.1 Å². The van der Waals surface area contributed by atoms with E-state index < -0.39 is 0 Å². The number of rotatable bonds is 9. The molecule has 7 nitrogen and oxygen atoms in total. The number of morpholine rings is 1. The van der Waals surface area contributed by atoms with Crippen LogP contribution in [0.1, 0.15) is 38.2 Å². The van der Waals surface area contributed by atoms with E-state index >= 15 is 0 Å². The van der Waals surface area contributed by atoms with Gasteiger partial charge in [-0.25, -0.2) is 4.68 Å². The summed E-state index contributed by atoms with van der Waals surface area (Å²) >= 11 is 1.42. The minimum absolute atomic E-state index is 0.211. The number of amidine groups is 1. The van der Waals surface area contributed by atoms with Gasteiger partial charge in [-0.1, -0.05) is 44.4 Å². The number of para-hydroxylation sites is 1. The molecular formula is C29H32N4O3S. The molecule has 0 spiro atoms. The summed E-state index contributed by atoms with van der Waals surface area (Å²) in [6.45, 7) is 5.73. The molecule has 1 amide bonds. The zero-order valence-corrected chi connectivity index (χ0v) is 22.0. The number of benzene rings is 2. The van der Waals surface area contributed by atoms with Gasteiger partial charge in [0.25, 0.3) is 5.91 Å². The molecule has 0 aliphatic carbocycles. The molecule has 192 valence electrons. The van der Waals surface area contributed by atoms with Crippen molar-refractivity contribution < 1.29 is 14.3 Å². The van der Waals surface area contributed by atoms with Crippen LogP contribution in [0.25, 0.3) is 23.0 Å². The van der Waals surface area contributed by atoms with Crippen LogP contribution in [0.4, 0.5) is 0 Å². The number of thioether (sulfide) groups is 1. The van der Waals surface area contributed by atoms with Crippen molar-refractivity contribution in [2.75, 3.05) is 32.9 Å². The van der Waals surface area contributed by atoms with E-state index in [4.69, 9.17) is 14.6 Å². The van der Waals surface area contributed by atoms with E-state index in [2.05, 4.69) is 16.8 Å². The van der Waals surface area contributed by atoms with Crippen molar-refractivity contribution in [3.63, 3.8) is 0 Å². The maximum Gasteiger partial charge on any atom is 0.286 e. The molecule has 8 heteroatoms. The van der Waals surface area contributed by atoms with Crippen molar-refractivity contribution in [2.24, 2.45) is 4.99 Å². The Kier molecular flexibility index (Phi) is 8.38. The first-order chi connectivity index (χ1) is 18.2. The fraction of sp³-hybridized carbons (Fsp3) is 0.345. The van der Waals surface area contributed by atoms with Crippen molar-refractivity contribution in [1.29, 1.82) is 0 Å². The summed E-state index contributed by atoms with van der Waals surface area (Å²) in [5, 5.41) is 5.65. The summed E-state index contributed by atoms with van der Waals surface area (Å²) in [6.07, 6.45) is 8.59. The van der Waals surface area contributed by atoms with Gasteiger partial charge in [-0.05, 0) is 60.7 Å². The highest BCUT2D eigenvalue weighted by atomic mass is 32.2. The molecule has 0 saturated carbocycles. The van der Waals surface area contributed by atoms with Gasteiger partial charge in [0.15, 0.2) is 5.17 Å². The lowest BCUT2D eigenvalue weighted by Gasteiger charge is -2.27. The third kappa shape index (κ3) is 6.32. The number of nitrogens with zero attached hydrogens (tertiary/aromatic N) is 4. The topological polar surface area (TPSA) is 68.9 Å². The lowest BCUT2D eigenvalue weighted by molar-refractivity contribution is -0.113. The molecular weight excluding hydrogens is 484 g/mol. The zero-order chi connectivity index (χ0) is 25.5. The van der Waals surface area contributed by atoms with Crippen LogP contribution in [-0.2, 0) is 9.53 Å². The second kappa shape index (κ2) is 12.3. The van der Waals surface area contributed by atoms with Gasteiger partial charge in [0.1, 0.15) is 5.75 Å². The molecule has 1 aromatic heterocycles. The van der Waals surface area contributed by atoms with E-state index in [1.165, 1.54) is 31.0 Å². The van der Waals surface area contributed by atoms with Crippen molar-refractivity contribution in [2.45, 2.75) is 32.6 Å². The molecule has 0 unspecified atom stereocenters. The quantitative estimate of drug-likeness (QED) is 0.264. The largest absolute Gasteiger partial charge is 0.494 e. The monoisotopic (exact) mass is 516 g/mol. The van der Waals surface area contributed by atoms with Gasteiger partial charge in [0.05, 0.1) is 36.1 Å². The van der Waals surface area contributed by atoms with Gasteiger partial charge in [-0.2, -0.15) is 10.1 Å². The van der Waals surface area contributed by atoms with Crippen LogP contribution >= 0.6 is 11.8 Å². The Morgan fingerprint density at radius 3 is 2.57 bits per heavy atom. The van der Waals surface area contributed by atoms with E-state index in [9.17, 15) is 4.79 Å². The highest BCUT2D eigenvalue weighted by Gasteiger charge is 2.28. The Morgan fingerprint density at radius 2 is 1.81 bits per heavy atom. The molecule has 0 N–H and O–H groups in total. The third-order valence-corrected chi connectivity index (χ3v) is 7.38. The van der Waals surface area contributed by atoms with Crippen LogP contribution in [0.3, 0.4) is 0 Å². The number of aliphatic imine (C=N–C) groups is 1. The number of hydrogen-bond acceptors (Lipinski definition) is 6. The van der Waals surface area contributed by atoms with Gasteiger partial charge in [-0.3, -0.25) is 4.79 Å². The molecule has 2 aromatic carbocycles. The Hall–Kier alpha value is -3.36. The highest BCUT2D eigenvalue weighted by molar-refractivity contribution is 8.18. The summed E-state index contributed by atoms with van der Waals surface area (Å²) in [7, 11) is 0. The Balaban J connectivity index is 1.39. The Bertz CT molecular complexity index is 1260. The molecule has 5 rings (SSSR count). The minimum Gasteiger partial charge on any atom is -0.494 e. The second-order valence-electron chi connectivity index (χ2n) is 9.06. The normalized spacial score (nSPS) is 16.9. The average Bonchev–Trinajstić information content (AvgIpc) is 3.54. The van der Waals surface area contributed by atoms with Gasteiger partial charge in [0, 0.05) is 30.4 Å². The molecule has 2 aliphatic rings. The van der Waals surface area contributed by atoms with Crippen LogP contribution in [0, 0.1) is 0 Å². The minimum atomic E-state index is -0.211. The van der Waals surface area contributed by atoms with Crippen LogP contribution in [0.5, 0.6) is 5.75 Å². The highest BCUT2D eigenvalue weighted by Crippen LogP contribution is 2.34. The third-order valence-electron chi connectivity index (χ3n) is 6.34. The molecule has 2 aliphatic heterocycles. The fourth-order valence-corrected chi connectivity index (χ4v) is 5.24. The standard InChI is InChI=1S/C29H32N4O3S/c1-2-3-4-8-17-36-25-13-11-22(12-14-25)27-23(21-33(31-27)24-9-6-5-7-10-24)20-26-28(34)30-29(37-26)32-15-18-35-19-16-32/h5-7,9-14,20-21H,2-4,8,15-19H2,1H3. The molecule has 0 atom stereocenters. The number of ether oxygens (including phenoxy) is 2. The van der Waals surface area contributed by atoms with Crippen LogP contribution < -0.4 is 4.74 Å². The van der Waals surface area contributed by atoms with Crippen molar-refractivity contribution in [3.8, 4) is 22.7 Å². The van der Waals surface area contributed by atoms with E-state index in [0.717, 1.165) is 59.5 Å². The lowest BCUT2D eigenvalue weighted by atomic mass is 10.1.